The number of carbonyl (C=O) groups excluding carboxylic acids is 3. The van der Waals surface area contributed by atoms with Crippen molar-refractivity contribution in [1.29, 1.82) is 0 Å². The summed E-state index contributed by atoms with van der Waals surface area (Å²) in [4.78, 5) is 40.4. The summed E-state index contributed by atoms with van der Waals surface area (Å²) in [5.74, 6) is -1.16. The zero-order chi connectivity index (χ0) is 21.1. The van der Waals surface area contributed by atoms with Crippen molar-refractivity contribution in [3.63, 3.8) is 0 Å². The van der Waals surface area contributed by atoms with Gasteiger partial charge in [-0.25, -0.2) is 5.01 Å². The van der Waals surface area contributed by atoms with Crippen LogP contribution in [0.4, 0.5) is 5.69 Å². The standard InChI is InChI=1S/C22H28N4O4/c1-15(25-9-11-30-12-10-25)14-23-20(27)16-5-4-6-17(13-16)26-22(29)19-8-3-2-7-18(19)21(28)24-26/h2-6,13,15,18-19H,7-12,14H2,1H3,(H,23,27)(H,24,28)/t15-,18-,19+/m1/s1. The molecule has 0 radical (unpaired) electrons. The Morgan fingerprint density at radius 3 is 2.70 bits per heavy atom. The Labute approximate surface area is 176 Å². The number of nitrogens with one attached hydrogen (secondary N) is 2. The minimum absolute atomic E-state index is 0.137. The van der Waals surface area contributed by atoms with E-state index < -0.39 is 0 Å². The van der Waals surface area contributed by atoms with Crippen molar-refractivity contribution < 1.29 is 19.1 Å². The second-order valence-corrected chi connectivity index (χ2v) is 8.06. The van der Waals surface area contributed by atoms with Crippen molar-refractivity contribution in [2.24, 2.45) is 11.8 Å². The highest BCUT2D eigenvalue weighted by atomic mass is 16.5. The maximum Gasteiger partial charge on any atom is 0.251 e. The number of allylic oxidation sites excluding steroid dienone is 2. The summed E-state index contributed by atoms with van der Waals surface area (Å²) in [6.07, 6.45) is 5.05. The van der Waals surface area contributed by atoms with E-state index in [0.717, 1.165) is 13.1 Å². The van der Waals surface area contributed by atoms with E-state index in [-0.39, 0.29) is 35.6 Å². The Bertz CT molecular complexity index is 849. The second kappa shape index (κ2) is 8.97. The normalized spacial score (nSPS) is 25.4. The van der Waals surface area contributed by atoms with Gasteiger partial charge in [0.15, 0.2) is 0 Å². The molecule has 0 saturated carbocycles. The Balaban J connectivity index is 1.42. The molecule has 8 heteroatoms. The van der Waals surface area contributed by atoms with Crippen LogP contribution in [0.25, 0.3) is 0 Å². The largest absolute Gasteiger partial charge is 0.379 e. The van der Waals surface area contributed by atoms with Gasteiger partial charge in [-0.05, 0) is 38.0 Å². The molecule has 1 aliphatic carbocycles. The molecular weight excluding hydrogens is 384 g/mol. The van der Waals surface area contributed by atoms with E-state index in [9.17, 15) is 14.4 Å². The van der Waals surface area contributed by atoms with Crippen molar-refractivity contribution >= 4 is 23.4 Å². The van der Waals surface area contributed by atoms with Gasteiger partial charge in [0.25, 0.3) is 5.91 Å². The van der Waals surface area contributed by atoms with Crippen LogP contribution in [-0.2, 0) is 14.3 Å². The van der Waals surface area contributed by atoms with Crippen LogP contribution in [0.3, 0.4) is 0 Å². The monoisotopic (exact) mass is 412 g/mol. The quantitative estimate of drug-likeness (QED) is 0.707. The molecule has 0 aromatic heterocycles. The zero-order valence-electron chi connectivity index (χ0n) is 17.2. The van der Waals surface area contributed by atoms with Crippen molar-refractivity contribution in [2.75, 3.05) is 37.9 Å². The highest BCUT2D eigenvalue weighted by molar-refractivity contribution is 6.05. The summed E-state index contributed by atoms with van der Waals surface area (Å²) >= 11 is 0. The van der Waals surface area contributed by atoms with Crippen LogP contribution < -0.4 is 15.8 Å². The van der Waals surface area contributed by atoms with Gasteiger partial charge in [0, 0.05) is 31.2 Å². The Morgan fingerprint density at radius 1 is 1.20 bits per heavy atom. The summed E-state index contributed by atoms with van der Waals surface area (Å²) in [6.45, 7) is 5.76. The first-order chi connectivity index (χ1) is 14.5. The van der Waals surface area contributed by atoms with Gasteiger partial charge in [0.2, 0.25) is 11.8 Å². The smallest absolute Gasteiger partial charge is 0.251 e. The molecule has 1 aromatic carbocycles. The lowest BCUT2D eigenvalue weighted by atomic mass is 9.80. The van der Waals surface area contributed by atoms with Gasteiger partial charge >= 0.3 is 0 Å². The third kappa shape index (κ3) is 4.24. The molecule has 8 nitrogen and oxygen atoms in total. The predicted octanol–water partition coefficient (Wildman–Crippen LogP) is 1.10. The van der Waals surface area contributed by atoms with E-state index in [1.165, 1.54) is 5.01 Å². The Kier molecular flexibility index (Phi) is 6.15. The maximum absolute atomic E-state index is 12.9. The lowest BCUT2D eigenvalue weighted by molar-refractivity contribution is -0.139. The summed E-state index contributed by atoms with van der Waals surface area (Å²) in [5, 5.41) is 4.26. The molecule has 0 unspecified atom stereocenters. The molecule has 3 amide bonds. The first kappa shape index (κ1) is 20.6. The number of fused-ring (bicyclic) bond motifs is 1. The lowest BCUT2D eigenvalue weighted by Gasteiger charge is -2.38. The van der Waals surface area contributed by atoms with Crippen molar-refractivity contribution in [1.82, 2.24) is 15.6 Å². The number of rotatable bonds is 5. The second-order valence-electron chi connectivity index (χ2n) is 8.06. The number of morpholine rings is 1. The molecule has 30 heavy (non-hydrogen) atoms. The van der Waals surface area contributed by atoms with E-state index >= 15 is 0 Å². The molecule has 2 heterocycles. The topological polar surface area (TPSA) is 91.0 Å². The number of anilines is 1. The minimum atomic E-state index is -0.351. The fourth-order valence-electron chi connectivity index (χ4n) is 4.26. The number of ether oxygens (including phenoxy) is 1. The van der Waals surface area contributed by atoms with Crippen LogP contribution in [-0.4, -0.2) is 61.5 Å². The SMILES string of the molecule is C[C@H](CNC(=O)c1cccc(N2NC(=O)[C@@H]3CC=CC[C@@H]3C2=O)c1)N1CCOCC1. The van der Waals surface area contributed by atoms with E-state index in [4.69, 9.17) is 4.74 Å². The van der Waals surface area contributed by atoms with Gasteiger partial charge < -0.3 is 10.1 Å². The fraction of sp³-hybridized carbons (Fsp3) is 0.500. The van der Waals surface area contributed by atoms with Crippen LogP contribution in [0.5, 0.6) is 0 Å². The maximum atomic E-state index is 12.9. The summed E-state index contributed by atoms with van der Waals surface area (Å²) < 4.78 is 5.37. The van der Waals surface area contributed by atoms with Crippen molar-refractivity contribution in [2.45, 2.75) is 25.8 Å². The van der Waals surface area contributed by atoms with Crippen LogP contribution in [0.1, 0.15) is 30.1 Å². The lowest BCUT2D eigenvalue weighted by Crippen LogP contribution is -2.59. The van der Waals surface area contributed by atoms with E-state index in [2.05, 4.69) is 22.6 Å². The first-order valence-corrected chi connectivity index (χ1v) is 10.5. The number of hydrogen-bond acceptors (Lipinski definition) is 5. The molecule has 2 N–H and O–H groups in total. The Morgan fingerprint density at radius 2 is 1.93 bits per heavy atom. The van der Waals surface area contributed by atoms with Crippen LogP contribution >= 0.6 is 0 Å². The zero-order valence-corrected chi connectivity index (χ0v) is 17.2. The number of amides is 3. The molecule has 0 bridgehead atoms. The van der Waals surface area contributed by atoms with Gasteiger partial charge in [0.05, 0.1) is 30.7 Å². The molecule has 1 aromatic rings. The Hall–Kier alpha value is -2.71. The van der Waals surface area contributed by atoms with Gasteiger partial charge in [0.1, 0.15) is 0 Å². The number of carbonyl (C=O) groups is 3. The number of hydrazine groups is 1. The molecule has 2 aliphatic heterocycles. The molecule has 2 saturated heterocycles. The number of hydrogen-bond donors (Lipinski definition) is 2. The third-order valence-electron chi connectivity index (χ3n) is 6.12. The van der Waals surface area contributed by atoms with E-state index in [1.54, 1.807) is 24.3 Å². The molecule has 3 aliphatic rings. The molecule has 4 rings (SSSR count). The first-order valence-electron chi connectivity index (χ1n) is 10.5. The van der Waals surface area contributed by atoms with Gasteiger partial charge in [-0.3, -0.25) is 24.7 Å². The summed E-state index contributed by atoms with van der Waals surface area (Å²) in [5.41, 5.74) is 3.65. The van der Waals surface area contributed by atoms with Gasteiger partial charge in [-0.15, -0.1) is 0 Å². The average Bonchev–Trinajstić information content (AvgIpc) is 2.80. The predicted molar refractivity (Wildman–Crippen MR) is 112 cm³/mol. The molecule has 3 atom stereocenters. The highest BCUT2D eigenvalue weighted by Gasteiger charge is 2.42. The molecule has 160 valence electrons. The molecular formula is C22H28N4O4. The van der Waals surface area contributed by atoms with Crippen LogP contribution in [0.2, 0.25) is 0 Å². The highest BCUT2D eigenvalue weighted by Crippen LogP contribution is 2.32. The van der Waals surface area contributed by atoms with Gasteiger partial charge in [-0.2, -0.15) is 0 Å². The van der Waals surface area contributed by atoms with Crippen LogP contribution in [0.15, 0.2) is 36.4 Å². The summed E-state index contributed by atoms with van der Waals surface area (Å²) in [7, 11) is 0. The van der Waals surface area contributed by atoms with Crippen molar-refractivity contribution in [3.8, 4) is 0 Å². The van der Waals surface area contributed by atoms with E-state index in [0.29, 0.717) is 43.9 Å². The van der Waals surface area contributed by atoms with Crippen LogP contribution in [0, 0.1) is 11.8 Å². The number of benzene rings is 1. The molecule has 0 spiro atoms. The number of nitrogens with zero attached hydrogens (tertiary/aromatic N) is 2. The summed E-state index contributed by atoms with van der Waals surface area (Å²) in [6, 6.07) is 7.01. The average molecular weight is 412 g/mol. The fourth-order valence-corrected chi connectivity index (χ4v) is 4.26. The molecule has 2 fully saturated rings. The third-order valence-corrected chi connectivity index (χ3v) is 6.12. The van der Waals surface area contributed by atoms with Crippen molar-refractivity contribution in [3.05, 3.63) is 42.0 Å². The van der Waals surface area contributed by atoms with E-state index in [1.807, 2.05) is 12.2 Å². The minimum Gasteiger partial charge on any atom is -0.379 e. The van der Waals surface area contributed by atoms with Gasteiger partial charge in [-0.1, -0.05) is 18.2 Å².